The van der Waals surface area contributed by atoms with E-state index < -0.39 is 21.1 Å². The molecule has 0 N–H and O–H groups in total. The second kappa shape index (κ2) is 4.42. The molecule has 0 aromatic carbocycles. The summed E-state index contributed by atoms with van der Waals surface area (Å²) in [6.07, 6.45) is 0.629. The number of unbranched alkanes of at least 4 members (excludes halogenated alkanes) is 1. The van der Waals surface area contributed by atoms with E-state index in [0.29, 0.717) is 6.42 Å². The molecule has 0 atom stereocenters. The minimum absolute atomic E-state index is 0.0784. The van der Waals surface area contributed by atoms with Crippen molar-refractivity contribution in [2.75, 3.05) is 5.75 Å². The number of aromatic nitrogens is 2. The minimum atomic E-state index is -3.50. The molecule has 0 spiro atoms. The lowest BCUT2D eigenvalue weighted by molar-refractivity contribution is 0.529. The van der Waals surface area contributed by atoms with Gasteiger partial charge in [-0.25, -0.2) is 13.2 Å². The van der Waals surface area contributed by atoms with Gasteiger partial charge in [-0.05, 0) is 6.42 Å². The van der Waals surface area contributed by atoms with Crippen LogP contribution in [0.5, 0.6) is 0 Å². The quantitative estimate of drug-likeness (QED) is 0.522. The Morgan fingerprint density at radius 1 is 1.39 bits per heavy atom. The van der Waals surface area contributed by atoms with Crippen molar-refractivity contribution in [3.05, 3.63) is 26.9 Å². The Hall–Kier alpha value is -1.88. The molecule has 7 nitrogen and oxygen atoms in total. The Labute approximate surface area is 103 Å². The van der Waals surface area contributed by atoms with Gasteiger partial charge in [0.1, 0.15) is 5.03 Å². The molecule has 0 saturated heterocycles. The molecule has 0 fully saturated rings. The van der Waals surface area contributed by atoms with Crippen LogP contribution in [0.1, 0.15) is 12.8 Å². The van der Waals surface area contributed by atoms with E-state index in [9.17, 15) is 18.0 Å². The second-order valence-corrected chi connectivity index (χ2v) is 6.04. The summed E-state index contributed by atoms with van der Waals surface area (Å²) in [6.45, 7) is 0.209. The van der Waals surface area contributed by atoms with Crippen LogP contribution in [0.3, 0.4) is 0 Å². The van der Waals surface area contributed by atoms with Gasteiger partial charge < -0.3 is 0 Å². The summed E-state index contributed by atoms with van der Waals surface area (Å²) in [6, 6.07) is 2.90. The lowest BCUT2D eigenvalue weighted by atomic mass is 10.3. The fourth-order valence-electron chi connectivity index (χ4n) is 1.90. The number of rotatable bonds is 3. The fourth-order valence-corrected chi connectivity index (χ4v) is 3.31. The van der Waals surface area contributed by atoms with Gasteiger partial charge in [-0.15, -0.1) is 0 Å². The van der Waals surface area contributed by atoms with Gasteiger partial charge in [-0.2, -0.15) is 5.26 Å². The molecule has 0 saturated carbocycles. The first-order valence-electron chi connectivity index (χ1n) is 5.42. The predicted molar refractivity (Wildman–Crippen MR) is 61.9 cm³/mol. The molecule has 0 unspecified atom stereocenters. The summed E-state index contributed by atoms with van der Waals surface area (Å²) >= 11 is 0. The highest BCUT2D eigenvalue weighted by Gasteiger charge is 2.28. The molecule has 0 aliphatic carbocycles. The van der Waals surface area contributed by atoms with E-state index in [1.54, 1.807) is 0 Å². The Bertz CT molecular complexity index is 736. The predicted octanol–water partition coefficient (Wildman–Crippen LogP) is -0.899. The highest BCUT2D eigenvalue weighted by atomic mass is 32.2. The van der Waals surface area contributed by atoms with Crippen molar-refractivity contribution in [1.82, 2.24) is 9.13 Å². The SMILES string of the molecule is N#CCCCn1c(=O)cc2n(c1=O)CCS2(=O)=O. The van der Waals surface area contributed by atoms with E-state index in [4.69, 9.17) is 5.26 Å². The Morgan fingerprint density at radius 3 is 2.78 bits per heavy atom. The van der Waals surface area contributed by atoms with Crippen molar-refractivity contribution in [3.8, 4) is 6.07 Å². The van der Waals surface area contributed by atoms with Crippen LogP contribution in [0, 0.1) is 11.3 Å². The summed E-state index contributed by atoms with van der Waals surface area (Å²) in [5.74, 6) is -0.149. The molecule has 2 rings (SSSR count). The van der Waals surface area contributed by atoms with Gasteiger partial charge in [0.05, 0.1) is 11.8 Å². The largest absolute Gasteiger partial charge is 0.332 e. The van der Waals surface area contributed by atoms with Crippen LogP contribution < -0.4 is 11.2 Å². The first-order chi connectivity index (χ1) is 8.47. The molecule has 1 aromatic rings. The summed E-state index contributed by atoms with van der Waals surface area (Å²) < 4.78 is 25.2. The number of hydrogen-bond acceptors (Lipinski definition) is 5. The van der Waals surface area contributed by atoms with Crippen molar-refractivity contribution in [1.29, 1.82) is 5.26 Å². The van der Waals surface area contributed by atoms with Gasteiger partial charge in [-0.3, -0.25) is 13.9 Å². The van der Waals surface area contributed by atoms with Gasteiger partial charge in [0.2, 0.25) is 0 Å². The number of nitriles is 1. The lowest BCUT2D eigenvalue weighted by Crippen LogP contribution is -2.39. The smallest absolute Gasteiger partial charge is 0.283 e. The van der Waals surface area contributed by atoms with Gasteiger partial charge in [0.15, 0.2) is 9.84 Å². The van der Waals surface area contributed by atoms with Gasteiger partial charge in [-0.1, -0.05) is 0 Å². The molecular formula is C10H11N3O4S. The first kappa shape index (κ1) is 12.6. The molecule has 8 heteroatoms. The van der Waals surface area contributed by atoms with Crippen LogP contribution in [0.25, 0.3) is 0 Å². The van der Waals surface area contributed by atoms with E-state index in [1.165, 1.54) is 0 Å². The number of fused-ring (bicyclic) bond motifs is 1. The Morgan fingerprint density at radius 2 is 2.11 bits per heavy atom. The van der Waals surface area contributed by atoms with Crippen LogP contribution in [-0.4, -0.2) is 23.3 Å². The van der Waals surface area contributed by atoms with Gasteiger partial charge in [0.25, 0.3) is 5.56 Å². The zero-order valence-electron chi connectivity index (χ0n) is 9.50. The maximum absolute atomic E-state index is 11.9. The maximum Gasteiger partial charge on any atom is 0.332 e. The molecule has 18 heavy (non-hydrogen) atoms. The minimum Gasteiger partial charge on any atom is -0.283 e. The monoisotopic (exact) mass is 269 g/mol. The van der Waals surface area contributed by atoms with Gasteiger partial charge in [0, 0.05) is 25.6 Å². The zero-order chi connectivity index (χ0) is 13.3. The standard InChI is InChI=1S/C10H11N3O4S/c11-3-1-2-4-12-8(14)7-9-13(10(12)15)5-6-18(9,16)17/h7H,1-2,4-6H2. The van der Waals surface area contributed by atoms with Gasteiger partial charge >= 0.3 is 5.69 Å². The average molecular weight is 269 g/mol. The first-order valence-corrected chi connectivity index (χ1v) is 7.07. The van der Waals surface area contributed by atoms with E-state index >= 15 is 0 Å². The molecule has 1 aliphatic heterocycles. The van der Waals surface area contributed by atoms with Crippen molar-refractivity contribution in [2.45, 2.75) is 31.0 Å². The van der Waals surface area contributed by atoms with Crippen molar-refractivity contribution >= 4 is 9.84 Å². The number of sulfone groups is 1. The third-order valence-corrected chi connectivity index (χ3v) is 4.51. The topological polar surface area (TPSA) is 102 Å². The third-order valence-electron chi connectivity index (χ3n) is 2.81. The molecule has 96 valence electrons. The summed E-state index contributed by atoms with van der Waals surface area (Å²) in [4.78, 5) is 23.6. The van der Waals surface area contributed by atoms with E-state index in [-0.39, 0.29) is 30.3 Å². The second-order valence-electron chi connectivity index (χ2n) is 3.99. The summed E-state index contributed by atoms with van der Waals surface area (Å²) in [5.41, 5.74) is -1.24. The molecule has 1 aromatic heterocycles. The number of hydrogen-bond donors (Lipinski definition) is 0. The molecule has 2 heterocycles. The van der Waals surface area contributed by atoms with Crippen LogP contribution in [-0.2, 0) is 22.9 Å². The Kier molecular flexibility index (Phi) is 3.09. The molecular weight excluding hydrogens is 258 g/mol. The van der Waals surface area contributed by atoms with Crippen molar-refractivity contribution in [3.63, 3.8) is 0 Å². The van der Waals surface area contributed by atoms with Crippen LogP contribution in [0.4, 0.5) is 0 Å². The molecule has 0 bridgehead atoms. The van der Waals surface area contributed by atoms with Crippen LogP contribution >= 0.6 is 0 Å². The highest BCUT2D eigenvalue weighted by Crippen LogP contribution is 2.14. The Balaban J connectivity index is 2.52. The average Bonchev–Trinajstić information content (AvgIpc) is 2.60. The van der Waals surface area contributed by atoms with Crippen molar-refractivity contribution in [2.24, 2.45) is 0 Å². The summed E-state index contributed by atoms with van der Waals surface area (Å²) in [7, 11) is -3.50. The molecule has 0 amide bonds. The van der Waals surface area contributed by atoms with E-state index in [2.05, 4.69) is 0 Å². The highest BCUT2D eigenvalue weighted by molar-refractivity contribution is 7.91. The fraction of sp³-hybridized carbons (Fsp3) is 0.500. The molecule has 0 radical (unpaired) electrons. The number of nitrogens with zero attached hydrogens (tertiary/aromatic N) is 3. The van der Waals surface area contributed by atoms with E-state index in [1.807, 2.05) is 6.07 Å². The lowest BCUT2D eigenvalue weighted by Gasteiger charge is -2.06. The third kappa shape index (κ3) is 1.97. The normalized spacial score (nSPS) is 16.2. The van der Waals surface area contributed by atoms with Crippen molar-refractivity contribution < 1.29 is 8.42 Å². The zero-order valence-corrected chi connectivity index (χ0v) is 10.3. The molecule has 1 aliphatic rings. The summed E-state index contributed by atoms with van der Waals surface area (Å²) in [5, 5.41) is 8.21. The van der Waals surface area contributed by atoms with Crippen LogP contribution in [0.15, 0.2) is 20.7 Å². The maximum atomic E-state index is 11.9. The van der Waals surface area contributed by atoms with Crippen LogP contribution in [0.2, 0.25) is 0 Å². The van der Waals surface area contributed by atoms with E-state index in [0.717, 1.165) is 15.2 Å².